The third-order valence-corrected chi connectivity index (χ3v) is 5.62. The average Bonchev–Trinajstić information content (AvgIpc) is 3.61. The third-order valence-electron chi connectivity index (χ3n) is 5.62. The lowest BCUT2D eigenvalue weighted by atomic mass is 10.1. The van der Waals surface area contributed by atoms with Gasteiger partial charge in [0.25, 0.3) is 6.43 Å². The highest BCUT2D eigenvalue weighted by molar-refractivity contribution is 5.67. The van der Waals surface area contributed by atoms with E-state index < -0.39 is 19.1 Å². The molecule has 0 aliphatic carbocycles. The van der Waals surface area contributed by atoms with Crippen molar-refractivity contribution in [2.24, 2.45) is 5.10 Å². The summed E-state index contributed by atoms with van der Waals surface area (Å²) in [6, 6.07) is 15.7. The minimum absolute atomic E-state index is 0.0517. The Balaban J connectivity index is 1.61. The second-order valence-electron chi connectivity index (χ2n) is 7.89. The summed E-state index contributed by atoms with van der Waals surface area (Å²) in [6.07, 6.45) is 4.25. The Kier molecular flexibility index (Phi) is 6.44. The van der Waals surface area contributed by atoms with Crippen molar-refractivity contribution in [1.82, 2.24) is 19.6 Å². The predicted octanol–water partition coefficient (Wildman–Crippen LogP) is 4.01. The van der Waals surface area contributed by atoms with E-state index >= 15 is 0 Å². The van der Waals surface area contributed by atoms with Crippen molar-refractivity contribution < 1.29 is 18.3 Å². The summed E-state index contributed by atoms with van der Waals surface area (Å²) < 4.78 is 39.8. The van der Waals surface area contributed by atoms with Gasteiger partial charge in [0.2, 0.25) is 5.43 Å². The summed E-state index contributed by atoms with van der Waals surface area (Å²) in [5.74, 6) is 0.200. The summed E-state index contributed by atoms with van der Waals surface area (Å²) in [5, 5.41) is 14.9. The van der Waals surface area contributed by atoms with Gasteiger partial charge in [-0.2, -0.15) is 15.3 Å². The minimum Gasteiger partial charge on any atom is -0.491 e. The van der Waals surface area contributed by atoms with E-state index in [9.17, 15) is 13.6 Å². The molecule has 9 nitrogen and oxygen atoms in total. The summed E-state index contributed by atoms with van der Waals surface area (Å²) >= 11 is 0. The number of aromatic nitrogens is 4. The van der Waals surface area contributed by atoms with Crippen LogP contribution < -0.4 is 19.9 Å². The van der Waals surface area contributed by atoms with E-state index in [2.05, 4.69) is 15.3 Å². The zero-order valence-corrected chi connectivity index (χ0v) is 19.2. The highest BCUT2D eigenvalue weighted by atomic mass is 19.3. The maximum Gasteiger partial charge on any atom is 0.272 e. The molecule has 1 atom stereocenters. The van der Waals surface area contributed by atoms with Crippen molar-refractivity contribution in [2.45, 2.75) is 18.9 Å². The van der Waals surface area contributed by atoms with Gasteiger partial charge in [-0.15, -0.1) is 0 Å². The molecule has 184 valence electrons. The molecule has 0 fully saturated rings. The maximum atomic E-state index is 13.2. The van der Waals surface area contributed by atoms with Crippen LogP contribution in [0.3, 0.4) is 0 Å². The second kappa shape index (κ2) is 9.98. The molecule has 4 aromatic rings. The molecule has 1 aliphatic heterocycles. The van der Waals surface area contributed by atoms with Gasteiger partial charge in [-0.05, 0) is 30.3 Å². The Hall–Kier alpha value is -4.54. The average molecular weight is 492 g/mol. The van der Waals surface area contributed by atoms with Gasteiger partial charge in [0.05, 0.1) is 24.7 Å². The molecule has 5 rings (SSSR count). The number of methoxy groups -OCH3 is 1. The number of halogens is 2. The van der Waals surface area contributed by atoms with E-state index in [0.29, 0.717) is 17.8 Å². The van der Waals surface area contributed by atoms with Crippen molar-refractivity contribution in [3.63, 3.8) is 0 Å². The summed E-state index contributed by atoms with van der Waals surface area (Å²) in [6.45, 7) is -0.808. The molecule has 0 saturated heterocycles. The molecule has 0 radical (unpaired) electrons. The molecule has 0 saturated carbocycles. The Morgan fingerprint density at radius 2 is 1.89 bits per heavy atom. The maximum absolute atomic E-state index is 13.2. The second-order valence-corrected chi connectivity index (χ2v) is 7.89. The van der Waals surface area contributed by atoms with E-state index in [4.69, 9.17) is 9.47 Å². The summed E-state index contributed by atoms with van der Waals surface area (Å²) in [7, 11) is 1.39. The van der Waals surface area contributed by atoms with Crippen LogP contribution in [0.2, 0.25) is 0 Å². The number of benzene rings is 2. The van der Waals surface area contributed by atoms with Crippen molar-refractivity contribution in [1.29, 1.82) is 0 Å². The van der Waals surface area contributed by atoms with Crippen molar-refractivity contribution in [2.75, 3.05) is 18.7 Å². The number of para-hydroxylation sites is 1. The molecule has 1 unspecified atom stereocenters. The van der Waals surface area contributed by atoms with Gasteiger partial charge in [0.1, 0.15) is 29.8 Å². The van der Waals surface area contributed by atoms with Crippen molar-refractivity contribution in [3.05, 3.63) is 89.1 Å². The zero-order valence-electron chi connectivity index (χ0n) is 19.2. The lowest BCUT2D eigenvalue weighted by Crippen LogP contribution is -2.28. The van der Waals surface area contributed by atoms with Gasteiger partial charge in [-0.3, -0.25) is 9.80 Å². The highest BCUT2D eigenvalue weighted by Gasteiger charge is 2.30. The molecule has 2 aromatic heterocycles. The quantitative estimate of drug-likeness (QED) is 0.370. The molecule has 36 heavy (non-hydrogen) atoms. The van der Waals surface area contributed by atoms with E-state index in [0.717, 1.165) is 5.69 Å². The number of nitrogens with zero attached hydrogens (tertiary/aromatic N) is 6. The molecule has 2 aromatic carbocycles. The van der Waals surface area contributed by atoms with Crippen molar-refractivity contribution in [3.8, 4) is 22.9 Å². The number of ether oxygens (including phenoxy) is 2. The first-order chi connectivity index (χ1) is 17.5. The standard InChI is InChI=1S/C25H22F2N6O3/c1-35-22-15-32(19-9-8-18(31-13-5-11-28-31)14-21(19)36-16-23(26)27)30-24(25(22)34)20-10-12-29-33(20)17-6-3-2-4-7-17/h2-9,11-15,20,23H,10,16H2,1H3. The van der Waals surface area contributed by atoms with Crippen LogP contribution in [0.25, 0.3) is 11.4 Å². The fourth-order valence-electron chi connectivity index (χ4n) is 3.97. The van der Waals surface area contributed by atoms with Crippen LogP contribution in [0.4, 0.5) is 14.5 Å². The molecule has 11 heteroatoms. The van der Waals surface area contributed by atoms with Crippen molar-refractivity contribution >= 4 is 11.9 Å². The van der Waals surface area contributed by atoms with Gasteiger partial charge < -0.3 is 9.47 Å². The monoisotopic (exact) mass is 492 g/mol. The number of anilines is 1. The fraction of sp³-hybridized carbons (Fsp3) is 0.200. The predicted molar refractivity (Wildman–Crippen MR) is 130 cm³/mol. The van der Waals surface area contributed by atoms with Crippen LogP contribution in [0, 0.1) is 0 Å². The molecule has 0 amide bonds. The lowest BCUT2D eigenvalue weighted by molar-refractivity contribution is 0.0818. The number of hydrogen-bond donors (Lipinski definition) is 0. The lowest BCUT2D eigenvalue weighted by Gasteiger charge is -2.24. The van der Waals surface area contributed by atoms with Crippen LogP contribution in [0.1, 0.15) is 18.2 Å². The molecular weight excluding hydrogens is 470 g/mol. The van der Waals surface area contributed by atoms with E-state index in [1.54, 1.807) is 52.6 Å². The van der Waals surface area contributed by atoms with E-state index in [-0.39, 0.29) is 22.6 Å². The highest BCUT2D eigenvalue weighted by Crippen LogP contribution is 2.32. The number of alkyl halides is 2. The van der Waals surface area contributed by atoms with Crippen LogP contribution in [0.5, 0.6) is 11.5 Å². The molecule has 0 spiro atoms. The summed E-state index contributed by atoms with van der Waals surface area (Å²) in [4.78, 5) is 13.2. The Morgan fingerprint density at radius 3 is 2.61 bits per heavy atom. The molecular formula is C25H22F2N6O3. The van der Waals surface area contributed by atoms with Crippen LogP contribution >= 0.6 is 0 Å². The number of hydrazone groups is 1. The fourth-order valence-corrected chi connectivity index (χ4v) is 3.97. The van der Waals surface area contributed by atoms with Gasteiger partial charge in [-0.1, -0.05) is 18.2 Å². The van der Waals surface area contributed by atoms with Crippen LogP contribution in [0.15, 0.2) is 83.1 Å². The van der Waals surface area contributed by atoms with E-state index in [1.165, 1.54) is 18.0 Å². The normalized spacial score (nSPS) is 15.0. The molecule has 3 heterocycles. The first-order valence-electron chi connectivity index (χ1n) is 11.1. The SMILES string of the molecule is COc1cn(-c2ccc(-n3cccn3)cc2OCC(F)F)nc(C2CC=NN2c2ccccc2)c1=O. The molecule has 1 aliphatic rings. The smallest absolute Gasteiger partial charge is 0.272 e. The Bertz CT molecular complexity index is 1420. The Labute approximate surface area is 204 Å². The topological polar surface area (TPSA) is 86.8 Å². The minimum atomic E-state index is -2.67. The molecule has 0 N–H and O–H groups in total. The number of hydrogen-bond acceptors (Lipinski definition) is 7. The number of rotatable bonds is 8. The first kappa shape index (κ1) is 23.2. The van der Waals surface area contributed by atoms with Gasteiger partial charge in [-0.25, -0.2) is 18.1 Å². The largest absolute Gasteiger partial charge is 0.491 e. The third kappa shape index (κ3) is 4.54. The summed E-state index contributed by atoms with van der Waals surface area (Å²) in [5.41, 5.74) is 1.59. The van der Waals surface area contributed by atoms with Gasteiger partial charge >= 0.3 is 0 Å². The van der Waals surface area contributed by atoms with Gasteiger partial charge in [0.15, 0.2) is 5.75 Å². The first-order valence-corrected chi connectivity index (χ1v) is 11.1. The zero-order chi connectivity index (χ0) is 25.1. The van der Waals surface area contributed by atoms with Gasteiger partial charge in [0, 0.05) is 31.1 Å². The van der Waals surface area contributed by atoms with Crippen LogP contribution in [-0.4, -0.2) is 45.9 Å². The van der Waals surface area contributed by atoms with Crippen LogP contribution in [-0.2, 0) is 0 Å². The Morgan fingerprint density at radius 1 is 1.06 bits per heavy atom. The molecule has 0 bridgehead atoms. The van der Waals surface area contributed by atoms with E-state index in [1.807, 2.05) is 30.3 Å².